The molecule has 20 heavy (non-hydrogen) atoms. The van der Waals surface area contributed by atoms with Crippen molar-refractivity contribution in [2.75, 3.05) is 19.0 Å². The topological polar surface area (TPSA) is 77.8 Å². The van der Waals surface area contributed by atoms with E-state index >= 15 is 0 Å². The summed E-state index contributed by atoms with van der Waals surface area (Å²) in [4.78, 5) is 16.7. The molecule has 0 fully saturated rings. The number of imidazole rings is 1. The van der Waals surface area contributed by atoms with Crippen molar-refractivity contribution in [2.45, 2.75) is 26.7 Å². The molecule has 2 rings (SSSR count). The summed E-state index contributed by atoms with van der Waals surface area (Å²) in [5.74, 6) is 1.63. The first-order valence-corrected chi connectivity index (χ1v) is 6.74. The molecule has 0 aliphatic rings. The second-order valence-corrected chi connectivity index (χ2v) is 4.85. The Morgan fingerprint density at radius 1 is 1.30 bits per heavy atom. The predicted molar refractivity (Wildman–Crippen MR) is 76.1 cm³/mol. The van der Waals surface area contributed by atoms with Crippen molar-refractivity contribution in [2.24, 2.45) is 5.92 Å². The van der Waals surface area contributed by atoms with E-state index in [1.54, 1.807) is 30.3 Å². The second-order valence-electron chi connectivity index (χ2n) is 4.85. The maximum atomic E-state index is 5.60. The second kappa shape index (κ2) is 6.83. The van der Waals surface area contributed by atoms with Crippen molar-refractivity contribution in [3.8, 4) is 12.0 Å². The predicted octanol–water partition coefficient (Wildman–Crippen LogP) is 1.91. The Morgan fingerprint density at radius 3 is 2.80 bits per heavy atom. The Morgan fingerprint density at radius 2 is 2.15 bits per heavy atom. The molecule has 0 radical (unpaired) electrons. The lowest BCUT2D eigenvalue weighted by molar-refractivity contribution is 0.275. The van der Waals surface area contributed by atoms with E-state index in [9.17, 15) is 0 Å². The van der Waals surface area contributed by atoms with Crippen LogP contribution in [0, 0.1) is 5.92 Å². The van der Waals surface area contributed by atoms with Crippen molar-refractivity contribution in [1.82, 2.24) is 24.5 Å². The first-order chi connectivity index (χ1) is 9.69. The molecule has 0 aliphatic heterocycles. The maximum absolute atomic E-state index is 5.60. The zero-order valence-electron chi connectivity index (χ0n) is 12.1. The van der Waals surface area contributed by atoms with Crippen LogP contribution < -0.4 is 10.1 Å². The highest BCUT2D eigenvalue weighted by Crippen LogP contribution is 2.11. The third kappa shape index (κ3) is 3.91. The zero-order valence-corrected chi connectivity index (χ0v) is 12.1. The molecule has 108 valence electrons. The van der Waals surface area contributed by atoms with E-state index in [1.165, 1.54) is 0 Å². The molecule has 0 unspecified atom stereocenters. The Hall–Kier alpha value is -2.18. The average Bonchev–Trinajstić information content (AvgIpc) is 2.97. The minimum atomic E-state index is 0.330. The number of nitrogens with zero attached hydrogens (tertiary/aromatic N) is 5. The quantitative estimate of drug-likeness (QED) is 0.778. The highest BCUT2D eigenvalue weighted by Gasteiger charge is 2.08. The number of nitrogens with one attached hydrogen (secondary N) is 1. The van der Waals surface area contributed by atoms with Crippen molar-refractivity contribution in [3.05, 3.63) is 18.7 Å². The molecule has 2 aromatic rings. The van der Waals surface area contributed by atoms with Gasteiger partial charge in [-0.15, -0.1) is 0 Å². The van der Waals surface area contributed by atoms with Crippen LogP contribution in [0.25, 0.3) is 5.95 Å². The summed E-state index contributed by atoms with van der Waals surface area (Å²) >= 11 is 0. The lowest BCUT2D eigenvalue weighted by Crippen LogP contribution is -2.09. The van der Waals surface area contributed by atoms with Crippen molar-refractivity contribution < 1.29 is 4.74 Å². The van der Waals surface area contributed by atoms with E-state index < -0.39 is 0 Å². The Labute approximate surface area is 118 Å². The standard InChI is InChI=1S/C13H20N6O/c1-10(2)5-4-8-20-13-17-11(14-3)16-12(18-13)19-7-6-15-9-19/h6-7,9-10H,4-5,8H2,1-3H3,(H,14,16,17,18). The molecule has 2 aromatic heterocycles. The molecule has 0 aromatic carbocycles. The zero-order chi connectivity index (χ0) is 14.4. The average molecular weight is 276 g/mol. The Balaban J connectivity index is 2.06. The van der Waals surface area contributed by atoms with Crippen LogP contribution in [0.2, 0.25) is 0 Å². The molecule has 0 saturated heterocycles. The van der Waals surface area contributed by atoms with Gasteiger partial charge in [0.1, 0.15) is 6.33 Å². The summed E-state index contributed by atoms with van der Waals surface area (Å²) in [6.45, 7) is 4.99. The smallest absolute Gasteiger partial charge is 0.323 e. The SMILES string of the molecule is CNc1nc(OCCCC(C)C)nc(-n2ccnc2)n1. The fourth-order valence-corrected chi connectivity index (χ4v) is 1.67. The lowest BCUT2D eigenvalue weighted by Gasteiger charge is -2.09. The third-order valence-electron chi connectivity index (χ3n) is 2.72. The molecule has 7 heteroatoms. The van der Waals surface area contributed by atoms with Gasteiger partial charge in [0.15, 0.2) is 0 Å². The highest BCUT2D eigenvalue weighted by atomic mass is 16.5. The van der Waals surface area contributed by atoms with Gasteiger partial charge in [0.05, 0.1) is 6.61 Å². The van der Waals surface area contributed by atoms with Gasteiger partial charge in [-0.2, -0.15) is 15.0 Å². The van der Waals surface area contributed by atoms with Crippen LogP contribution in [0.1, 0.15) is 26.7 Å². The summed E-state index contributed by atoms with van der Waals surface area (Å²) in [5, 5.41) is 2.90. The molecule has 0 spiro atoms. The molecular formula is C13H20N6O. The summed E-state index contributed by atoms with van der Waals surface area (Å²) < 4.78 is 7.31. The first-order valence-electron chi connectivity index (χ1n) is 6.74. The van der Waals surface area contributed by atoms with E-state index in [1.807, 2.05) is 0 Å². The Kier molecular flexibility index (Phi) is 4.86. The van der Waals surface area contributed by atoms with E-state index in [-0.39, 0.29) is 0 Å². The maximum Gasteiger partial charge on any atom is 0.323 e. The molecule has 1 N–H and O–H groups in total. The first kappa shape index (κ1) is 14.2. The molecule has 0 atom stereocenters. The number of anilines is 1. The lowest BCUT2D eigenvalue weighted by atomic mass is 10.1. The van der Waals surface area contributed by atoms with Gasteiger partial charge in [-0.25, -0.2) is 4.98 Å². The summed E-state index contributed by atoms with van der Waals surface area (Å²) in [6.07, 6.45) is 7.19. The van der Waals surface area contributed by atoms with Crippen LogP contribution in [0.5, 0.6) is 6.01 Å². The number of aromatic nitrogens is 5. The summed E-state index contributed by atoms with van der Waals surface area (Å²) in [7, 11) is 1.76. The van der Waals surface area contributed by atoms with E-state index in [0.29, 0.717) is 30.4 Å². The highest BCUT2D eigenvalue weighted by molar-refractivity contribution is 5.29. The number of rotatable bonds is 7. The molecule has 0 aliphatic carbocycles. The monoisotopic (exact) mass is 276 g/mol. The van der Waals surface area contributed by atoms with Crippen molar-refractivity contribution in [3.63, 3.8) is 0 Å². The largest absolute Gasteiger partial charge is 0.463 e. The van der Waals surface area contributed by atoms with E-state index in [0.717, 1.165) is 12.8 Å². The number of ether oxygens (including phenoxy) is 1. The molecule has 0 bridgehead atoms. The minimum absolute atomic E-state index is 0.330. The van der Waals surface area contributed by atoms with E-state index in [4.69, 9.17) is 4.74 Å². The molecular weight excluding hydrogens is 256 g/mol. The van der Waals surface area contributed by atoms with Gasteiger partial charge in [0.25, 0.3) is 0 Å². The van der Waals surface area contributed by atoms with Crippen LogP contribution in [0.15, 0.2) is 18.7 Å². The molecule has 0 saturated carbocycles. The number of hydrogen-bond acceptors (Lipinski definition) is 6. The summed E-state index contributed by atoms with van der Waals surface area (Å²) in [6, 6.07) is 0.330. The molecule has 0 amide bonds. The van der Waals surface area contributed by atoms with Crippen LogP contribution in [-0.4, -0.2) is 38.2 Å². The van der Waals surface area contributed by atoms with Gasteiger partial charge < -0.3 is 10.1 Å². The third-order valence-corrected chi connectivity index (χ3v) is 2.72. The normalized spacial score (nSPS) is 10.8. The van der Waals surface area contributed by atoms with Gasteiger partial charge in [-0.1, -0.05) is 13.8 Å². The van der Waals surface area contributed by atoms with Gasteiger partial charge in [0.2, 0.25) is 11.9 Å². The fourth-order valence-electron chi connectivity index (χ4n) is 1.67. The van der Waals surface area contributed by atoms with Gasteiger partial charge in [0, 0.05) is 19.4 Å². The minimum Gasteiger partial charge on any atom is -0.463 e. The van der Waals surface area contributed by atoms with Crippen LogP contribution in [-0.2, 0) is 0 Å². The van der Waals surface area contributed by atoms with Crippen molar-refractivity contribution >= 4 is 5.95 Å². The van der Waals surface area contributed by atoms with E-state index in [2.05, 4.69) is 39.1 Å². The fraction of sp³-hybridized carbons (Fsp3) is 0.538. The van der Waals surface area contributed by atoms with Gasteiger partial charge in [-0.3, -0.25) is 4.57 Å². The van der Waals surface area contributed by atoms with Crippen LogP contribution in [0.3, 0.4) is 0 Å². The van der Waals surface area contributed by atoms with Gasteiger partial charge >= 0.3 is 6.01 Å². The van der Waals surface area contributed by atoms with Gasteiger partial charge in [-0.05, 0) is 18.8 Å². The number of hydrogen-bond donors (Lipinski definition) is 1. The van der Waals surface area contributed by atoms with Crippen LogP contribution in [0.4, 0.5) is 5.95 Å². The molecule has 7 nitrogen and oxygen atoms in total. The molecule has 2 heterocycles. The Bertz CT molecular complexity index is 526. The van der Waals surface area contributed by atoms with Crippen molar-refractivity contribution in [1.29, 1.82) is 0 Å². The van der Waals surface area contributed by atoms with Crippen LogP contribution >= 0.6 is 0 Å². The summed E-state index contributed by atoms with van der Waals surface area (Å²) in [5.41, 5.74) is 0.